The number of rotatable bonds is 3. The summed E-state index contributed by atoms with van der Waals surface area (Å²) >= 11 is 0. The molecule has 1 heterocycles. The summed E-state index contributed by atoms with van der Waals surface area (Å²) in [6, 6.07) is 2.28. The van der Waals surface area contributed by atoms with E-state index in [1.165, 1.54) is 0 Å². The van der Waals surface area contributed by atoms with Crippen molar-refractivity contribution in [2.24, 2.45) is 5.92 Å². The lowest BCUT2D eigenvalue weighted by Gasteiger charge is -2.18. The van der Waals surface area contributed by atoms with E-state index in [9.17, 15) is 0 Å². The molecule has 14 heavy (non-hydrogen) atoms. The number of aromatic nitrogens is 2. The minimum Gasteiger partial charge on any atom is -0.368 e. The monoisotopic (exact) mass is 194 g/mol. The maximum Gasteiger partial charge on any atom is 0.222 e. The van der Waals surface area contributed by atoms with Gasteiger partial charge in [0, 0.05) is 17.8 Å². The number of aryl methyl sites for hydroxylation is 1. The fraction of sp³-hybridized carbons (Fsp3) is 0.600. The Kier molecular flexibility index (Phi) is 3.28. The Morgan fingerprint density at radius 1 is 1.29 bits per heavy atom. The molecule has 0 aliphatic rings. The van der Waals surface area contributed by atoms with E-state index in [0.717, 1.165) is 11.5 Å². The maximum absolute atomic E-state index is 5.55. The normalized spacial score (nSPS) is 12.9. The molecule has 0 aliphatic heterocycles. The summed E-state index contributed by atoms with van der Waals surface area (Å²) in [5.74, 6) is 1.69. The van der Waals surface area contributed by atoms with Crippen LogP contribution in [-0.2, 0) is 0 Å². The second-order valence-corrected chi connectivity index (χ2v) is 3.93. The Morgan fingerprint density at radius 3 is 2.43 bits per heavy atom. The number of nitrogens with zero attached hydrogens (tertiary/aromatic N) is 2. The lowest BCUT2D eigenvalue weighted by molar-refractivity contribution is 0.558. The molecule has 0 aromatic carbocycles. The van der Waals surface area contributed by atoms with Gasteiger partial charge in [-0.2, -0.15) is 4.98 Å². The molecule has 0 radical (unpaired) electrons. The average molecular weight is 194 g/mol. The fourth-order valence-corrected chi connectivity index (χ4v) is 1.07. The van der Waals surface area contributed by atoms with E-state index < -0.39 is 0 Å². The van der Waals surface area contributed by atoms with Crippen molar-refractivity contribution >= 4 is 11.8 Å². The standard InChI is InChI=1S/C10H18N4/c1-6(2)8(4)13-9-5-7(3)12-10(11)14-9/h5-6,8H,1-4H3,(H3,11,12,13,14). The molecule has 1 unspecified atom stereocenters. The second kappa shape index (κ2) is 4.26. The molecule has 0 saturated carbocycles. The van der Waals surface area contributed by atoms with Crippen LogP contribution in [0.5, 0.6) is 0 Å². The van der Waals surface area contributed by atoms with Gasteiger partial charge in [0.05, 0.1) is 0 Å². The maximum atomic E-state index is 5.55. The van der Waals surface area contributed by atoms with Crippen molar-refractivity contribution in [1.29, 1.82) is 0 Å². The predicted molar refractivity (Wildman–Crippen MR) is 59.1 cm³/mol. The van der Waals surface area contributed by atoms with E-state index in [2.05, 4.69) is 36.1 Å². The smallest absolute Gasteiger partial charge is 0.222 e. The molecule has 4 heteroatoms. The number of nitrogens with one attached hydrogen (secondary N) is 1. The molecular formula is C10H18N4. The molecule has 0 amide bonds. The van der Waals surface area contributed by atoms with Crippen LogP contribution in [-0.4, -0.2) is 16.0 Å². The third kappa shape index (κ3) is 2.87. The SMILES string of the molecule is Cc1cc(NC(C)C(C)C)nc(N)n1. The first-order valence-corrected chi connectivity index (χ1v) is 4.86. The highest BCUT2D eigenvalue weighted by atomic mass is 15.1. The highest BCUT2D eigenvalue weighted by molar-refractivity contribution is 5.40. The third-order valence-corrected chi connectivity index (χ3v) is 2.25. The lowest BCUT2D eigenvalue weighted by atomic mass is 10.1. The third-order valence-electron chi connectivity index (χ3n) is 2.25. The van der Waals surface area contributed by atoms with Crippen LogP contribution in [0.15, 0.2) is 6.07 Å². The first-order valence-electron chi connectivity index (χ1n) is 4.86. The Bertz CT molecular complexity index is 289. The summed E-state index contributed by atoms with van der Waals surface area (Å²) in [5.41, 5.74) is 6.43. The van der Waals surface area contributed by atoms with E-state index in [4.69, 9.17) is 5.73 Å². The van der Waals surface area contributed by atoms with Crippen LogP contribution >= 0.6 is 0 Å². The van der Waals surface area contributed by atoms with Crippen LogP contribution in [0.2, 0.25) is 0 Å². The summed E-state index contributed by atoms with van der Waals surface area (Å²) < 4.78 is 0. The van der Waals surface area contributed by atoms with E-state index in [1.54, 1.807) is 0 Å². The first kappa shape index (κ1) is 10.8. The van der Waals surface area contributed by atoms with Crippen LogP contribution in [0, 0.1) is 12.8 Å². The van der Waals surface area contributed by atoms with Crippen LogP contribution < -0.4 is 11.1 Å². The molecule has 0 fully saturated rings. The summed E-state index contributed by atoms with van der Waals surface area (Å²) in [6.07, 6.45) is 0. The quantitative estimate of drug-likeness (QED) is 0.770. The molecule has 0 saturated heterocycles. The van der Waals surface area contributed by atoms with Crippen molar-refractivity contribution in [3.63, 3.8) is 0 Å². The zero-order valence-electron chi connectivity index (χ0n) is 9.20. The van der Waals surface area contributed by atoms with Crippen molar-refractivity contribution in [2.75, 3.05) is 11.1 Å². The van der Waals surface area contributed by atoms with Crippen molar-refractivity contribution in [1.82, 2.24) is 9.97 Å². The van der Waals surface area contributed by atoms with E-state index in [1.807, 2.05) is 13.0 Å². The number of hydrogen-bond donors (Lipinski definition) is 2. The van der Waals surface area contributed by atoms with Crippen molar-refractivity contribution in [2.45, 2.75) is 33.7 Å². The van der Waals surface area contributed by atoms with Crippen LogP contribution in [0.3, 0.4) is 0 Å². The average Bonchev–Trinajstić information content (AvgIpc) is 2.01. The fourth-order valence-electron chi connectivity index (χ4n) is 1.07. The van der Waals surface area contributed by atoms with Crippen molar-refractivity contribution in [3.8, 4) is 0 Å². The van der Waals surface area contributed by atoms with E-state index in [-0.39, 0.29) is 0 Å². The zero-order valence-corrected chi connectivity index (χ0v) is 9.20. The molecular weight excluding hydrogens is 176 g/mol. The van der Waals surface area contributed by atoms with Gasteiger partial charge in [-0.05, 0) is 19.8 Å². The molecule has 1 aromatic rings. The summed E-state index contributed by atoms with van der Waals surface area (Å²) in [4.78, 5) is 8.13. The Labute approximate surface area is 85.0 Å². The van der Waals surface area contributed by atoms with Crippen LogP contribution in [0.1, 0.15) is 26.5 Å². The Morgan fingerprint density at radius 2 is 1.93 bits per heavy atom. The number of nitrogen functional groups attached to an aromatic ring is 1. The van der Waals surface area contributed by atoms with Gasteiger partial charge in [-0.15, -0.1) is 0 Å². The molecule has 78 valence electrons. The van der Waals surface area contributed by atoms with Crippen LogP contribution in [0.4, 0.5) is 11.8 Å². The highest BCUT2D eigenvalue weighted by Crippen LogP contribution is 2.11. The molecule has 3 N–H and O–H groups in total. The van der Waals surface area contributed by atoms with Crippen molar-refractivity contribution in [3.05, 3.63) is 11.8 Å². The molecule has 0 spiro atoms. The second-order valence-electron chi connectivity index (χ2n) is 3.93. The van der Waals surface area contributed by atoms with Gasteiger partial charge in [0.25, 0.3) is 0 Å². The van der Waals surface area contributed by atoms with Gasteiger partial charge < -0.3 is 11.1 Å². The first-order chi connectivity index (χ1) is 6.49. The molecule has 1 aromatic heterocycles. The van der Waals surface area contributed by atoms with Gasteiger partial charge in [-0.3, -0.25) is 0 Å². The molecule has 1 atom stereocenters. The van der Waals surface area contributed by atoms with Gasteiger partial charge in [-0.1, -0.05) is 13.8 Å². The van der Waals surface area contributed by atoms with E-state index >= 15 is 0 Å². The predicted octanol–water partition coefficient (Wildman–Crippen LogP) is 1.82. The molecule has 0 aliphatic carbocycles. The minimum absolute atomic E-state index is 0.323. The van der Waals surface area contributed by atoms with E-state index in [0.29, 0.717) is 17.9 Å². The highest BCUT2D eigenvalue weighted by Gasteiger charge is 2.07. The van der Waals surface area contributed by atoms with Gasteiger partial charge in [0.2, 0.25) is 5.95 Å². The minimum atomic E-state index is 0.323. The Balaban J connectivity index is 2.76. The largest absolute Gasteiger partial charge is 0.368 e. The van der Waals surface area contributed by atoms with Gasteiger partial charge in [0.15, 0.2) is 0 Å². The van der Waals surface area contributed by atoms with Gasteiger partial charge in [0.1, 0.15) is 5.82 Å². The summed E-state index contributed by atoms with van der Waals surface area (Å²) in [5, 5.41) is 3.29. The lowest BCUT2D eigenvalue weighted by Crippen LogP contribution is -2.22. The molecule has 1 rings (SSSR count). The molecule has 4 nitrogen and oxygen atoms in total. The van der Waals surface area contributed by atoms with Crippen molar-refractivity contribution < 1.29 is 0 Å². The Hall–Kier alpha value is -1.32. The number of hydrogen-bond acceptors (Lipinski definition) is 4. The van der Waals surface area contributed by atoms with Gasteiger partial charge >= 0.3 is 0 Å². The zero-order chi connectivity index (χ0) is 10.7. The number of nitrogens with two attached hydrogens (primary N) is 1. The van der Waals surface area contributed by atoms with Crippen LogP contribution in [0.25, 0.3) is 0 Å². The summed E-state index contributed by atoms with van der Waals surface area (Å²) in [6.45, 7) is 8.35. The van der Waals surface area contributed by atoms with Gasteiger partial charge in [-0.25, -0.2) is 4.98 Å². The molecule has 0 bridgehead atoms. The summed E-state index contributed by atoms with van der Waals surface area (Å²) in [7, 11) is 0. The topological polar surface area (TPSA) is 63.8 Å². The number of anilines is 2.